The van der Waals surface area contributed by atoms with Crippen molar-refractivity contribution in [2.75, 3.05) is 6.54 Å². The van der Waals surface area contributed by atoms with Gasteiger partial charge in [-0.15, -0.1) is 0 Å². The summed E-state index contributed by atoms with van der Waals surface area (Å²) in [5, 5.41) is 2.67. The van der Waals surface area contributed by atoms with Crippen LogP contribution in [0.3, 0.4) is 0 Å². The third-order valence-corrected chi connectivity index (χ3v) is 3.51. The molecule has 2 aromatic carbocycles. The van der Waals surface area contributed by atoms with Gasteiger partial charge in [0, 0.05) is 23.2 Å². The number of hydrogen-bond donors (Lipinski definition) is 1. The van der Waals surface area contributed by atoms with Gasteiger partial charge in [-0.25, -0.2) is 0 Å². The minimum atomic E-state index is -2.99. The van der Waals surface area contributed by atoms with Gasteiger partial charge in [0.25, 0.3) is 11.8 Å². The third kappa shape index (κ3) is 1.72. The van der Waals surface area contributed by atoms with E-state index in [1.165, 1.54) is 18.2 Å². The molecule has 0 heterocycles. The van der Waals surface area contributed by atoms with Crippen molar-refractivity contribution < 1.29 is 13.6 Å². The van der Waals surface area contributed by atoms with Crippen LogP contribution in [0.15, 0.2) is 42.5 Å². The number of benzene rings is 2. The van der Waals surface area contributed by atoms with E-state index in [1.807, 2.05) is 6.92 Å². The molecule has 20 heavy (non-hydrogen) atoms. The maximum absolute atomic E-state index is 14.3. The van der Waals surface area contributed by atoms with Crippen molar-refractivity contribution in [1.29, 1.82) is 0 Å². The van der Waals surface area contributed by atoms with Gasteiger partial charge in [-0.3, -0.25) is 4.79 Å². The molecule has 0 atom stereocenters. The first kappa shape index (κ1) is 12.8. The number of amides is 1. The van der Waals surface area contributed by atoms with Crippen LogP contribution in [0.1, 0.15) is 28.4 Å². The van der Waals surface area contributed by atoms with E-state index in [0.717, 1.165) is 0 Å². The Morgan fingerprint density at radius 1 is 1.10 bits per heavy atom. The van der Waals surface area contributed by atoms with E-state index in [4.69, 9.17) is 0 Å². The van der Waals surface area contributed by atoms with Crippen molar-refractivity contribution in [3.8, 4) is 11.1 Å². The lowest BCUT2D eigenvalue weighted by molar-refractivity contribution is 0.0479. The first-order chi connectivity index (χ1) is 9.55. The van der Waals surface area contributed by atoms with Crippen molar-refractivity contribution in [3.63, 3.8) is 0 Å². The van der Waals surface area contributed by atoms with Gasteiger partial charge in [-0.1, -0.05) is 30.3 Å². The normalized spacial score (nSPS) is 14.6. The Morgan fingerprint density at radius 2 is 1.80 bits per heavy atom. The van der Waals surface area contributed by atoms with Crippen molar-refractivity contribution >= 4 is 5.91 Å². The summed E-state index contributed by atoms with van der Waals surface area (Å²) in [7, 11) is 0. The Hall–Kier alpha value is -2.23. The minimum Gasteiger partial charge on any atom is -0.352 e. The zero-order chi connectivity index (χ0) is 14.3. The number of carbonyl (C=O) groups excluding carboxylic acids is 1. The van der Waals surface area contributed by atoms with Crippen LogP contribution < -0.4 is 5.32 Å². The summed E-state index contributed by atoms with van der Waals surface area (Å²) < 4.78 is 28.6. The fourth-order valence-corrected chi connectivity index (χ4v) is 2.58. The van der Waals surface area contributed by atoms with Gasteiger partial charge in [-0.2, -0.15) is 8.78 Å². The maximum Gasteiger partial charge on any atom is 0.299 e. The second-order valence-electron chi connectivity index (χ2n) is 4.74. The Kier molecular flexibility index (Phi) is 2.82. The smallest absolute Gasteiger partial charge is 0.299 e. The number of nitrogens with one attached hydrogen (secondary N) is 1. The second kappa shape index (κ2) is 4.40. The van der Waals surface area contributed by atoms with Crippen LogP contribution in [0.25, 0.3) is 11.1 Å². The first-order valence-corrected chi connectivity index (χ1v) is 6.46. The summed E-state index contributed by atoms with van der Waals surface area (Å²) in [4.78, 5) is 11.8. The Bertz CT molecular complexity index is 695. The molecule has 1 aliphatic rings. The molecule has 3 rings (SSSR count). The van der Waals surface area contributed by atoms with E-state index in [2.05, 4.69) is 5.32 Å². The van der Waals surface area contributed by atoms with Gasteiger partial charge >= 0.3 is 0 Å². The zero-order valence-electron chi connectivity index (χ0n) is 10.9. The average Bonchev–Trinajstić information content (AvgIpc) is 2.68. The van der Waals surface area contributed by atoms with E-state index in [0.29, 0.717) is 23.2 Å². The first-order valence-electron chi connectivity index (χ1n) is 6.46. The molecule has 1 amide bonds. The zero-order valence-corrected chi connectivity index (χ0v) is 10.9. The summed E-state index contributed by atoms with van der Waals surface area (Å²) in [6, 6.07) is 10.8. The molecule has 0 aromatic heterocycles. The highest BCUT2D eigenvalue weighted by Gasteiger charge is 2.44. The highest BCUT2D eigenvalue weighted by molar-refractivity contribution is 5.96. The summed E-state index contributed by atoms with van der Waals surface area (Å²) >= 11 is 0. The van der Waals surface area contributed by atoms with Crippen LogP contribution >= 0.6 is 0 Å². The van der Waals surface area contributed by atoms with Gasteiger partial charge in [0.15, 0.2) is 0 Å². The number of alkyl halides is 2. The molecule has 4 heteroatoms. The highest BCUT2D eigenvalue weighted by Crippen LogP contribution is 2.50. The average molecular weight is 273 g/mol. The molecular weight excluding hydrogens is 260 g/mol. The molecule has 2 nitrogen and oxygen atoms in total. The fourth-order valence-electron chi connectivity index (χ4n) is 2.58. The molecule has 0 spiro atoms. The molecule has 0 unspecified atom stereocenters. The van der Waals surface area contributed by atoms with Crippen LogP contribution in [0, 0.1) is 0 Å². The highest BCUT2D eigenvalue weighted by atomic mass is 19.3. The molecule has 2 aromatic rings. The third-order valence-electron chi connectivity index (χ3n) is 3.51. The van der Waals surface area contributed by atoms with Crippen molar-refractivity contribution in [1.82, 2.24) is 5.32 Å². The van der Waals surface area contributed by atoms with Crippen LogP contribution in [0.5, 0.6) is 0 Å². The van der Waals surface area contributed by atoms with Gasteiger partial charge in [0.1, 0.15) is 0 Å². The Labute approximate surface area is 115 Å². The predicted octanol–water partition coefficient (Wildman–Crippen LogP) is 3.56. The molecular formula is C16H13F2NO. The van der Waals surface area contributed by atoms with E-state index in [1.54, 1.807) is 24.3 Å². The summed E-state index contributed by atoms with van der Waals surface area (Å²) in [5.74, 6) is -3.24. The standard InChI is InChI=1S/C16H13F2NO/c1-2-19-15(20)10-7-8-14-12(9-10)11-5-3-4-6-13(11)16(14,17)18/h3-9H,2H2,1H3,(H,19,20). The number of fused-ring (bicyclic) bond motifs is 3. The van der Waals surface area contributed by atoms with Crippen molar-refractivity contribution in [3.05, 3.63) is 59.2 Å². The maximum atomic E-state index is 14.3. The number of carbonyl (C=O) groups is 1. The molecule has 0 aliphatic heterocycles. The van der Waals surface area contributed by atoms with Crippen LogP contribution in [0.2, 0.25) is 0 Å². The number of hydrogen-bond acceptors (Lipinski definition) is 1. The molecule has 0 saturated carbocycles. The van der Waals surface area contributed by atoms with Gasteiger partial charge in [-0.05, 0) is 30.2 Å². The van der Waals surface area contributed by atoms with Gasteiger partial charge in [0.05, 0.1) is 0 Å². The summed E-state index contributed by atoms with van der Waals surface area (Å²) in [6.45, 7) is 2.32. The fraction of sp³-hybridized carbons (Fsp3) is 0.188. The lowest BCUT2D eigenvalue weighted by atomic mass is 10.0. The Balaban J connectivity index is 2.17. The topological polar surface area (TPSA) is 29.1 Å². The van der Waals surface area contributed by atoms with Gasteiger partial charge in [0.2, 0.25) is 0 Å². The summed E-state index contributed by atoms with van der Waals surface area (Å²) in [5.41, 5.74) is 1.31. The largest absolute Gasteiger partial charge is 0.352 e. The van der Waals surface area contributed by atoms with E-state index < -0.39 is 5.92 Å². The second-order valence-corrected chi connectivity index (χ2v) is 4.74. The van der Waals surface area contributed by atoms with Gasteiger partial charge < -0.3 is 5.32 Å². The monoisotopic (exact) mass is 273 g/mol. The molecule has 0 bridgehead atoms. The molecule has 102 valence electrons. The Morgan fingerprint density at radius 3 is 2.55 bits per heavy atom. The predicted molar refractivity (Wildman–Crippen MR) is 72.9 cm³/mol. The molecule has 0 saturated heterocycles. The quantitative estimate of drug-likeness (QED) is 0.890. The lowest BCUT2D eigenvalue weighted by Gasteiger charge is -2.12. The number of rotatable bonds is 2. The molecule has 1 aliphatic carbocycles. The van der Waals surface area contributed by atoms with E-state index in [-0.39, 0.29) is 17.0 Å². The molecule has 0 radical (unpaired) electrons. The molecule has 1 N–H and O–H groups in total. The van der Waals surface area contributed by atoms with Crippen molar-refractivity contribution in [2.24, 2.45) is 0 Å². The van der Waals surface area contributed by atoms with E-state index >= 15 is 0 Å². The molecule has 0 fully saturated rings. The SMILES string of the molecule is CCNC(=O)c1ccc2c(c1)-c1ccccc1C2(F)F. The lowest BCUT2D eigenvalue weighted by Crippen LogP contribution is -2.22. The van der Waals surface area contributed by atoms with Crippen LogP contribution in [-0.2, 0) is 5.92 Å². The summed E-state index contributed by atoms with van der Waals surface area (Å²) in [6.07, 6.45) is 0. The number of halogens is 2. The van der Waals surface area contributed by atoms with E-state index in [9.17, 15) is 13.6 Å². The van der Waals surface area contributed by atoms with Crippen molar-refractivity contribution in [2.45, 2.75) is 12.8 Å². The van der Waals surface area contributed by atoms with Crippen LogP contribution in [0.4, 0.5) is 8.78 Å². The minimum absolute atomic E-state index is 0.00282. The van der Waals surface area contributed by atoms with Crippen LogP contribution in [-0.4, -0.2) is 12.5 Å².